The van der Waals surface area contributed by atoms with Crippen LogP contribution in [0.15, 0.2) is 53.5 Å². The van der Waals surface area contributed by atoms with E-state index in [4.69, 9.17) is 4.74 Å². The Balaban J connectivity index is 1.52. The molecule has 1 aliphatic rings. The Morgan fingerprint density at radius 3 is 2.77 bits per heavy atom. The van der Waals surface area contributed by atoms with Crippen molar-refractivity contribution in [2.75, 3.05) is 32.1 Å². The van der Waals surface area contributed by atoms with Crippen LogP contribution in [0.1, 0.15) is 12.0 Å². The lowest BCUT2D eigenvalue weighted by atomic mass is 10.2. The number of para-hydroxylation sites is 1. The highest BCUT2D eigenvalue weighted by Gasteiger charge is 2.23. The Morgan fingerprint density at radius 2 is 2.08 bits per heavy atom. The number of rotatable bonds is 5. The van der Waals surface area contributed by atoms with Crippen molar-refractivity contribution in [3.8, 4) is 5.75 Å². The molecule has 0 spiro atoms. The monoisotopic (exact) mass is 356 g/mol. The predicted octanol–water partition coefficient (Wildman–Crippen LogP) is 2.78. The lowest BCUT2D eigenvalue weighted by molar-refractivity contribution is 0.386. The van der Waals surface area contributed by atoms with E-state index in [-0.39, 0.29) is 11.6 Å². The number of aliphatic imine (C=N–C) groups is 1. The number of methoxy groups -OCH3 is 1. The summed E-state index contributed by atoms with van der Waals surface area (Å²) in [7, 11) is 3.20. The molecule has 3 rings (SSSR count). The number of anilines is 1. The molecule has 1 atom stereocenters. The second-order valence-corrected chi connectivity index (χ2v) is 6.31. The molecule has 2 N–H and O–H groups in total. The molecule has 0 saturated carbocycles. The molecule has 0 bridgehead atoms. The summed E-state index contributed by atoms with van der Waals surface area (Å²) < 4.78 is 18.7. The maximum Gasteiger partial charge on any atom is 0.191 e. The minimum absolute atomic E-state index is 0.253. The van der Waals surface area contributed by atoms with Gasteiger partial charge in [-0.15, -0.1) is 0 Å². The highest BCUT2D eigenvalue weighted by molar-refractivity contribution is 5.80. The van der Waals surface area contributed by atoms with Crippen molar-refractivity contribution in [2.24, 2.45) is 4.99 Å². The fourth-order valence-corrected chi connectivity index (χ4v) is 3.15. The zero-order valence-electron chi connectivity index (χ0n) is 15.2. The molecule has 0 amide bonds. The van der Waals surface area contributed by atoms with E-state index in [1.807, 2.05) is 12.1 Å². The van der Waals surface area contributed by atoms with Crippen LogP contribution < -0.4 is 20.3 Å². The SMILES string of the molecule is CN=C(NCc1ccc(OC)c(F)c1)NC1CCN(c2ccccc2)C1. The lowest BCUT2D eigenvalue weighted by Crippen LogP contribution is -2.44. The molecule has 6 heteroatoms. The molecule has 138 valence electrons. The normalized spacial score (nSPS) is 17.3. The topological polar surface area (TPSA) is 48.9 Å². The van der Waals surface area contributed by atoms with Gasteiger partial charge in [-0.2, -0.15) is 0 Å². The Morgan fingerprint density at radius 1 is 1.27 bits per heavy atom. The summed E-state index contributed by atoms with van der Waals surface area (Å²) in [4.78, 5) is 6.64. The van der Waals surface area contributed by atoms with Gasteiger partial charge < -0.3 is 20.3 Å². The quantitative estimate of drug-likeness (QED) is 0.639. The predicted molar refractivity (Wildman–Crippen MR) is 103 cm³/mol. The summed E-state index contributed by atoms with van der Waals surface area (Å²) >= 11 is 0. The maximum absolute atomic E-state index is 13.8. The van der Waals surface area contributed by atoms with Crippen LogP contribution in [0, 0.1) is 5.82 Å². The van der Waals surface area contributed by atoms with E-state index in [0.717, 1.165) is 31.0 Å². The number of nitrogens with one attached hydrogen (secondary N) is 2. The van der Waals surface area contributed by atoms with Gasteiger partial charge in [0.1, 0.15) is 0 Å². The molecule has 1 heterocycles. The fourth-order valence-electron chi connectivity index (χ4n) is 3.15. The molecule has 26 heavy (non-hydrogen) atoms. The van der Waals surface area contributed by atoms with Crippen LogP contribution in [0.25, 0.3) is 0 Å². The van der Waals surface area contributed by atoms with E-state index in [9.17, 15) is 4.39 Å². The number of benzene rings is 2. The van der Waals surface area contributed by atoms with Gasteiger partial charge >= 0.3 is 0 Å². The molecular weight excluding hydrogens is 331 g/mol. The standard InChI is InChI=1S/C20H25FN4O/c1-22-20(23-13-15-8-9-19(26-2)18(21)12-15)24-16-10-11-25(14-16)17-6-4-3-5-7-17/h3-9,12,16H,10-11,13-14H2,1-2H3,(H2,22,23,24). The summed E-state index contributed by atoms with van der Waals surface area (Å²) in [5, 5.41) is 6.70. The summed E-state index contributed by atoms with van der Waals surface area (Å²) in [5.41, 5.74) is 2.08. The summed E-state index contributed by atoms with van der Waals surface area (Å²) in [6, 6.07) is 15.7. The first-order valence-electron chi connectivity index (χ1n) is 8.79. The third kappa shape index (κ3) is 4.45. The highest BCUT2D eigenvalue weighted by atomic mass is 19.1. The van der Waals surface area contributed by atoms with Crippen molar-refractivity contribution in [3.63, 3.8) is 0 Å². The molecular formula is C20H25FN4O. The molecule has 1 saturated heterocycles. The second kappa shape index (κ2) is 8.56. The van der Waals surface area contributed by atoms with Gasteiger partial charge in [0, 0.05) is 38.4 Å². The second-order valence-electron chi connectivity index (χ2n) is 6.31. The lowest BCUT2D eigenvalue weighted by Gasteiger charge is -2.20. The largest absolute Gasteiger partial charge is 0.494 e. The Hall–Kier alpha value is -2.76. The van der Waals surface area contributed by atoms with Gasteiger partial charge in [-0.1, -0.05) is 24.3 Å². The van der Waals surface area contributed by atoms with Crippen molar-refractivity contribution in [2.45, 2.75) is 19.0 Å². The molecule has 2 aromatic carbocycles. The van der Waals surface area contributed by atoms with Gasteiger partial charge in [0.2, 0.25) is 0 Å². The average molecular weight is 356 g/mol. The number of nitrogens with zero attached hydrogens (tertiary/aromatic N) is 2. The molecule has 1 fully saturated rings. The van der Waals surface area contributed by atoms with E-state index < -0.39 is 0 Å². The molecule has 1 aliphatic heterocycles. The summed E-state index contributed by atoms with van der Waals surface area (Å²) in [5.74, 6) is 0.619. The van der Waals surface area contributed by atoms with Crippen LogP contribution in [-0.2, 0) is 6.54 Å². The highest BCUT2D eigenvalue weighted by Crippen LogP contribution is 2.20. The van der Waals surface area contributed by atoms with E-state index in [1.165, 1.54) is 18.9 Å². The van der Waals surface area contributed by atoms with Gasteiger partial charge in [-0.25, -0.2) is 4.39 Å². The van der Waals surface area contributed by atoms with Gasteiger partial charge in [-0.05, 0) is 36.2 Å². The van der Waals surface area contributed by atoms with Crippen LogP contribution in [0.5, 0.6) is 5.75 Å². The Bertz CT molecular complexity index is 751. The molecule has 0 aromatic heterocycles. The van der Waals surface area contributed by atoms with Gasteiger partial charge in [0.05, 0.1) is 7.11 Å². The molecule has 1 unspecified atom stereocenters. The van der Waals surface area contributed by atoms with E-state index >= 15 is 0 Å². The van der Waals surface area contributed by atoms with Crippen LogP contribution in [0.3, 0.4) is 0 Å². The van der Waals surface area contributed by atoms with Gasteiger partial charge in [0.15, 0.2) is 17.5 Å². The van der Waals surface area contributed by atoms with Crippen LogP contribution in [0.2, 0.25) is 0 Å². The molecule has 2 aromatic rings. The van der Waals surface area contributed by atoms with E-state index in [1.54, 1.807) is 13.1 Å². The first-order chi connectivity index (χ1) is 12.7. The number of halogens is 1. The number of guanidine groups is 1. The first kappa shape index (κ1) is 18.0. The molecule has 0 aliphatic carbocycles. The zero-order chi connectivity index (χ0) is 18.4. The minimum atomic E-state index is -0.357. The van der Waals surface area contributed by atoms with Crippen molar-refractivity contribution in [3.05, 3.63) is 59.9 Å². The third-order valence-corrected chi connectivity index (χ3v) is 4.55. The van der Waals surface area contributed by atoms with Crippen LogP contribution >= 0.6 is 0 Å². The average Bonchev–Trinajstić information content (AvgIpc) is 3.14. The van der Waals surface area contributed by atoms with Gasteiger partial charge in [0.25, 0.3) is 0 Å². The van der Waals surface area contributed by atoms with Crippen LogP contribution in [0.4, 0.5) is 10.1 Å². The first-order valence-corrected chi connectivity index (χ1v) is 8.79. The van der Waals surface area contributed by atoms with Crippen molar-refractivity contribution in [1.82, 2.24) is 10.6 Å². The number of hydrogen-bond donors (Lipinski definition) is 2. The Labute approximate surface area is 153 Å². The smallest absolute Gasteiger partial charge is 0.191 e. The minimum Gasteiger partial charge on any atom is -0.494 e. The van der Waals surface area contributed by atoms with Gasteiger partial charge in [-0.3, -0.25) is 4.99 Å². The van der Waals surface area contributed by atoms with Crippen molar-refractivity contribution in [1.29, 1.82) is 0 Å². The summed E-state index contributed by atoms with van der Waals surface area (Å²) in [6.07, 6.45) is 1.05. The zero-order valence-corrected chi connectivity index (χ0v) is 15.2. The maximum atomic E-state index is 13.8. The van der Waals surface area contributed by atoms with Crippen LogP contribution in [-0.4, -0.2) is 39.2 Å². The van der Waals surface area contributed by atoms with E-state index in [2.05, 4.69) is 44.8 Å². The molecule has 5 nitrogen and oxygen atoms in total. The molecule has 0 radical (unpaired) electrons. The third-order valence-electron chi connectivity index (χ3n) is 4.55. The number of ether oxygens (including phenoxy) is 1. The van der Waals surface area contributed by atoms with Crippen molar-refractivity contribution < 1.29 is 9.13 Å². The van der Waals surface area contributed by atoms with E-state index in [0.29, 0.717) is 12.6 Å². The van der Waals surface area contributed by atoms with Crippen molar-refractivity contribution >= 4 is 11.6 Å². The fraction of sp³-hybridized carbons (Fsp3) is 0.350. The number of hydrogen-bond acceptors (Lipinski definition) is 3. The summed E-state index contributed by atoms with van der Waals surface area (Å²) in [6.45, 7) is 2.44. The Kier molecular flexibility index (Phi) is 5.94.